The van der Waals surface area contributed by atoms with E-state index in [0.717, 1.165) is 9.80 Å². The van der Waals surface area contributed by atoms with Crippen molar-refractivity contribution in [1.82, 2.24) is 14.5 Å². The van der Waals surface area contributed by atoms with Gasteiger partial charge in [-0.25, -0.2) is 17.9 Å². The molecule has 4 rings (SSSR count). The number of nitrogens with one attached hydrogen (secondary N) is 1. The number of likely N-dealkylation sites (tertiary alicyclic amines) is 1. The van der Waals surface area contributed by atoms with E-state index in [1.165, 1.54) is 6.07 Å². The Morgan fingerprint density at radius 2 is 1.72 bits per heavy atom. The van der Waals surface area contributed by atoms with E-state index in [-0.39, 0.29) is 35.5 Å². The van der Waals surface area contributed by atoms with E-state index in [9.17, 15) is 27.9 Å². The predicted molar refractivity (Wildman–Crippen MR) is 121 cm³/mol. The summed E-state index contributed by atoms with van der Waals surface area (Å²) >= 11 is 6.47. The van der Waals surface area contributed by atoms with Gasteiger partial charge >= 0.3 is 6.09 Å². The first kappa shape index (κ1) is 22.9. The Hall–Kier alpha value is -2.28. The number of fused-ring (bicyclic) bond motifs is 1. The third-order valence-corrected chi connectivity index (χ3v) is 8.44. The molecule has 0 spiro atoms. The van der Waals surface area contributed by atoms with Crippen LogP contribution in [-0.2, 0) is 10.0 Å². The molecular weight excluding hydrogens is 570 g/mol. The van der Waals surface area contributed by atoms with Crippen molar-refractivity contribution < 1.29 is 27.9 Å². The molecule has 9 nitrogen and oxygen atoms in total. The molecule has 2 aromatic rings. The summed E-state index contributed by atoms with van der Waals surface area (Å²) in [5.41, 5.74) is 0.545. The van der Waals surface area contributed by atoms with Gasteiger partial charge in [0.15, 0.2) is 0 Å². The normalized spacial score (nSPS) is 20.7. The molecule has 12 heteroatoms. The van der Waals surface area contributed by atoms with Gasteiger partial charge in [-0.05, 0) is 52.7 Å². The first-order valence-electron chi connectivity index (χ1n) is 9.50. The first-order chi connectivity index (χ1) is 15.1. The van der Waals surface area contributed by atoms with Gasteiger partial charge in [-0.3, -0.25) is 14.5 Å². The Bertz CT molecular complexity index is 1200. The molecule has 2 N–H and O–H groups in total. The number of carbonyl (C=O) groups is 3. The lowest BCUT2D eigenvalue weighted by molar-refractivity contribution is 0.0603. The van der Waals surface area contributed by atoms with Gasteiger partial charge in [0.1, 0.15) is 0 Å². The van der Waals surface area contributed by atoms with Crippen LogP contribution in [0.1, 0.15) is 27.1 Å². The molecule has 0 aromatic heterocycles. The molecule has 2 heterocycles. The van der Waals surface area contributed by atoms with Crippen molar-refractivity contribution in [3.05, 3.63) is 62.5 Å². The lowest BCUT2D eigenvalue weighted by Gasteiger charge is -2.25. The van der Waals surface area contributed by atoms with Gasteiger partial charge in [0.05, 0.1) is 22.1 Å². The summed E-state index contributed by atoms with van der Waals surface area (Å²) in [7, 11) is -3.96. The fraction of sp³-hybridized carbons (Fsp3) is 0.250. The SMILES string of the molecule is O=C1c2ccccc2C(=O)N1C[C@H]1C[C@@H](NS(=O)(=O)c2cc(Br)ccc2Br)CN1C(=O)O. The Labute approximate surface area is 200 Å². The summed E-state index contributed by atoms with van der Waals surface area (Å²) in [6, 6.07) is 9.64. The highest BCUT2D eigenvalue weighted by Crippen LogP contribution is 2.29. The highest BCUT2D eigenvalue weighted by atomic mass is 79.9. The van der Waals surface area contributed by atoms with Crippen LogP contribution in [0.2, 0.25) is 0 Å². The third-order valence-electron chi connectivity index (χ3n) is 5.44. The molecule has 2 aromatic carbocycles. The standard InChI is InChI=1S/C20H17Br2N3O6S/c21-11-5-6-16(22)17(7-11)32(30,31)23-12-8-13(24(9-12)20(28)29)10-25-18(26)14-3-1-2-4-15(14)19(25)27/h1-7,12-13,23H,8-10H2,(H,28,29)/t12-,13-/m1/s1. The molecule has 0 unspecified atom stereocenters. The lowest BCUT2D eigenvalue weighted by atomic mass is 10.1. The van der Waals surface area contributed by atoms with E-state index < -0.39 is 40.0 Å². The van der Waals surface area contributed by atoms with Crippen LogP contribution in [0.5, 0.6) is 0 Å². The summed E-state index contributed by atoms with van der Waals surface area (Å²) in [5.74, 6) is -0.976. The second-order valence-electron chi connectivity index (χ2n) is 7.48. The van der Waals surface area contributed by atoms with Gasteiger partial charge < -0.3 is 10.0 Å². The largest absolute Gasteiger partial charge is 0.465 e. The van der Waals surface area contributed by atoms with Crippen molar-refractivity contribution in [3.8, 4) is 0 Å². The molecule has 0 bridgehead atoms. The van der Waals surface area contributed by atoms with E-state index in [1.54, 1.807) is 36.4 Å². The number of hydrogen-bond donors (Lipinski definition) is 2. The van der Waals surface area contributed by atoms with E-state index >= 15 is 0 Å². The first-order valence-corrected chi connectivity index (χ1v) is 12.6. The number of amides is 3. The molecule has 2 atom stereocenters. The molecule has 0 radical (unpaired) electrons. The predicted octanol–water partition coefficient (Wildman–Crippen LogP) is 2.91. The van der Waals surface area contributed by atoms with E-state index in [2.05, 4.69) is 36.6 Å². The Balaban J connectivity index is 1.53. The molecule has 1 fully saturated rings. The average molecular weight is 587 g/mol. The maximum atomic E-state index is 12.9. The van der Waals surface area contributed by atoms with E-state index in [0.29, 0.717) is 8.95 Å². The number of carbonyl (C=O) groups excluding carboxylic acids is 2. The number of imide groups is 1. The summed E-state index contributed by atoms with van der Waals surface area (Å²) < 4.78 is 29.3. The number of nitrogens with zero attached hydrogens (tertiary/aromatic N) is 2. The highest BCUT2D eigenvalue weighted by molar-refractivity contribution is 9.11. The van der Waals surface area contributed by atoms with Crippen molar-refractivity contribution in [2.45, 2.75) is 23.4 Å². The second kappa shape index (κ2) is 8.58. The van der Waals surface area contributed by atoms with Crippen LogP contribution in [-0.4, -0.2) is 66.4 Å². The molecule has 1 saturated heterocycles. The molecule has 0 aliphatic carbocycles. The van der Waals surface area contributed by atoms with Gasteiger partial charge in [-0.15, -0.1) is 0 Å². The van der Waals surface area contributed by atoms with E-state index in [4.69, 9.17) is 0 Å². The molecule has 3 amide bonds. The molecular formula is C20H17Br2N3O6S. The molecule has 2 aliphatic heterocycles. The number of carboxylic acid groups (broad SMARTS) is 1. The highest BCUT2D eigenvalue weighted by Gasteiger charge is 2.43. The van der Waals surface area contributed by atoms with Crippen LogP contribution >= 0.6 is 31.9 Å². The van der Waals surface area contributed by atoms with Crippen molar-refractivity contribution >= 4 is 59.8 Å². The quantitative estimate of drug-likeness (QED) is 0.519. The topological polar surface area (TPSA) is 124 Å². The Morgan fingerprint density at radius 3 is 2.31 bits per heavy atom. The van der Waals surface area contributed by atoms with Crippen molar-refractivity contribution in [1.29, 1.82) is 0 Å². The zero-order chi connectivity index (χ0) is 23.2. The van der Waals surface area contributed by atoms with Gasteiger partial charge in [0.25, 0.3) is 11.8 Å². The maximum Gasteiger partial charge on any atom is 0.407 e. The molecule has 168 valence electrons. The van der Waals surface area contributed by atoms with Crippen LogP contribution in [0.15, 0.2) is 56.3 Å². The minimum Gasteiger partial charge on any atom is -0.465 e. The van der Waals surface area contributed by atoms with Crippen LogP contribution in [0.4, 0.5) is 4.79 Å². The fourth-order valence-electron chi connectivity index (χ4n) is 3.99. The summed E-state index contributed by atoms with van der Waals surface area (Å²) in [6.45, 7) is -0.258. The van der Waals surface area contributed by atoms with Crippen LogP contribution in [0.3, 0.4) is 0 Å². The number of halogens is 2. The Kier molecular flexibility index (Phi) is 6.14. The average Bonchev–Trinajstić information content (AvgIpc) is 3.24. The zero-order valence-corrected chi connectivity index (χ0v) is 20.4. The molecule has 2 aliphatic rings. The Morgan fingerprint density at radius 1 is 1.09 bits per heavy atom. The van der Waals surface area contributed by atoms with Crippen molar-refractivity contribution in [2.75, 3.05) is 13.1 Å². The smallest absolute Gasteiger partial charge is 0.407 e. The van der Waals surface area contributed by atoms with Crippen molar-refractivity contribution in [3.63, 3.8) is 0 Å². The van der Waals surface area contributed by atoms with E-state index in [1.807, 2.05) is 0 Å². The number of benzene rings is 2. The minimum atomic E-state index is -3.96. The number of hydrogen-bond acceptors (Lipinski definition) is 5. The fourth-order valence-corrected chi connectivity index (χ4v) is 6.73. The van der Waals surface area contributed by atoms with Gasteiger partial charge in [0.2, 0.25) is 10.0 Å². The van der Waals surface area contributed by atoms with Crippen LogP contribution < -0.4 is 4.72 Å². The minimum absolute atomic E-state index is 0.0116. The number of sulfonamides is 1. The zero-order valence-electron chi connectivity index (χ0n) is 16.4. The monoisotopic (exact) mass is 585 g/mol. The van der Waals surface area contributed by atoms with Crippen molar-refractivity contribution in [2.24, 2.45) is 0 Å². The van der Waals surface area contributed by atoms with Gasteiger partial charge in [-0.2, -0.15) is 0 Å². The van der Waals surface area contributed by atoms with Gasteiger partial charge in [-0.1, -0.05) is 28.1 Å². The maximum absolute atomic E-state index is 12.9. The third kappa shape index (κ3) is 4.19. The molecule has 32 heavy (non-hydrogen) atoms. The number of rotatable bonds is 5. The summed E-state index contributed by atoms with van der Waals surface area (Å²) in [5, 5.41) is 9.62. The lowest BCUT2D eigenvalue weighted by Crippen LogP contribution is -2.44. The van der Waals surface area contributed by atoms with Crippen LogP contribution in [0.25, 0.3) is 0 Å². The van der Waals surface area contributed by atoms with Crippen LogP contribution in [0, 0.1) is 0 Å². The summed E-state index contributed by atoms with van der Waals surface area (Å²) in [6.07, 6.45) is -1.14. The second-order valence-corrected chi connectivity index (χ2v) is 10.9. The van der Waals surface area contributed by atoms with Gasteiger partial charge in [0, 0.05) is 28.1 Å². The molecule has 0 saturated carbocycles. The summed E-state index contributed by atoms with van der Waals surface area (Å²) in [4.78, 5) is 39.2.